The molecule has 20 heavy (non-hydrogen) atoms. The lowest BCUT2D eigenvalue weighted by molar-refractivity contribution is 0.225. The van der Waals surface area contributed by atoms with Crippen LogP contribution in [0.25, 0.3) is 0 Å². The lowest BCUT2D eigenvalue weighted by Crippen LogP contribution is -2.33. The molecule has 2 heterocycles. The van der Waals surface area contributed by atoms with Gasteiger partial charge in [-0.3, -0.25) is 4.90 Å². The Morgan fingerprint density at radius 1 is 1.30 bits per heavy atom. The number of likely N-dealkylation sites (tertiary alicyclic amines) is 1. The van der Waals surface area contributed by atoms with E-state index in [1.807, 2.05) is 12.3 Å². The maximum atomic E-state index is 4.67. The molecule has 1 aliphatic rings. The van der Waals surface area contributed by atoms with Crippen LogP contribution >= 0.6 is 0 Å². The second-order valence-electron chi connectivity index (χ2n) is 5.98. The topological polar surface area (TPSA) is 32.3 Å². The fourth-order valence-electron chi connectivity index (χ4n) is 2.65. The smallest absolute Gasteiger partial charge is 0.131 e. The van der Waals surface area contributed by atoms with Crippen LogP contribution in [0.4, 0.5) is 0 Å². The van der Waals surface area contributed by atoms with Crippen LogP contribution < -0.4 is 0 Å². The highest BCUT2D eigenvalue weighted by atomic mass is 15.2. The minimum atomic E-state index is 0.398. The molecule has 1 aromatic heterocycles. The van der Waals surface area contributed by atoms with Crippen molar-refractivity contribution >= 4 is 0 Å². The van der Waals surface area contributed by atoms with Crippen molar-refractivity contribution in [3.8, 4) is 0 Å². The molecule has 1 aliphatic heterocycles. The van der Waals surface area contributed by atoms with E-state index in [1.165, 1.54) is 32.5 Å². The molecular weight excluding hydrogens is 248 g/mol. The van der Waals surface area contributed by atoms with E-state index >= 15 is 0 Å². The van der Waals surface area contributed by atoms with Crippen LogP contribution in [0.3, 0.4) is 0 Å². The number of rotatable bonds is 7. The summed E-state index contributed by atoms with van der Waals surface area (Å²) in [6.07, 6.45) is 4.64. The molecule has 4 heteroatoms. The van der Waals surface area contributed by atoms with E-state index in [4.69, 9.17) is 0 Å². The molecule has 112 valence electrons. The molecule has 1 fully saturated rings. The monoisotopic (exact) mass is 276 g/mol. The summed E-state index contributed by atoms with van der Waals surface area (Å²) in [5, 5.41) is 0. The van der Waals surface area contributed by atoms with Crippen LogP contribution in [-0.2, 0) is 6.54 Å². The van der Waals surface area contributed by atoms with Crippen molar-refractivity contribution in [1.82, 2.24) is 19.8 Å². The highest BCUT2D eigenvalue weighted by molar-refractivity contribution is 5.04. The van der Waals surface area contributed by atoms with Crippen LogP contribution in [0.5, 0.6) is 0 Å². The molecule has 0 aromatic carbocycles. The second kappa shape index (κ2) is 7.70. The van der Waals surface area contributed by atoms with Crippen LogP contribution in [-0.4, -0.2) is 52.5 Å². The predicted molar refractivity (Wildman–Crippen MR) is 82.7 cm³/mol. The predicted octanol–water partition coefficient (Wildman–Crippen LogP) is 2.52. The van der Waals surface area contributed by atoms with Gasteiger partial charge in [-0.1, -0.05) is 20.8 Å². The Balaban J connectivity index is 1.86. The summed E-state index contributed by atoms with van der Waals surface area (Å²) in [6, 6.07) is 2.05. The van der Waals surface area contributed by atoms with E-state index in [9.17, 15) is 0 Å². The molecule has 0 aliphatic carbocycles. The third-order valence-corrected chi connectivity index (χ3v) is 4.01. The van der Waals surface area contributed by atoms with Crippen molar-refractivity contribution in [1.29, 1.82) is 0 Å². The van der Waals surface area contributed by atoms with Gasteiger partial charge in [0.25, 0.3) is 0 Å². The molecule has 1 aromatic rings. The quantitative estimate of drug-likeness (QED) is 0.766. The first-order valence-electron chi connectivity index (χ1n) is 7.95. The largest absolute Gasteiger partial charge is 0.302 e. The minimum Gasteiger partial charge on any atom is -0.302 e. The van der Waals surface area contributed by atoms with Crippen molar-refractivity contribution < 1.29 is 0 Å². The summed E-state index contributed by atoms with van der Waals surface area (Å²) in [5.41, 5.74) is 1.15. The Kier molecular flexibility index (Phi) is 5.92. The van der Waals surface area contributed by atoms with Crippen LogP contribution in [0.2, 0.25) is 0 Å². The molecule has 2 rings (SSSR count). The number of hydrogen-bond acceptors (Lipinski definition) is 4. The van der Waals surface area contributed by atoms with E-state index in [-0.39, 0.29) is 0 Å². The van der Waals surface area contributed by atoms with E-state index < -0.39 is 0 Å². The van der Waals surface area contributed by atoms with E-state index in [1.54, 1.807) is 0 Å². The highest BCUT2D eigenvalue weighted by Gasteiger charge is 2.13. The van der Waals surface area contributed by atoms with Crippen molar-refractivity contribution in [3.05, 3.63) is 23.8 Å². The van der Waals surface area contributed by atoms with Gasteiger partial charge in [-0.25, -0.2) is 9.97 Å². The summed E-state index contributed by atoms with van der Waals surface area (Å²) in [7, 11) is 0. The molecule has 0 saturated carbocycles. The zero-order chi connectivity index (χ0) is 14.4. The van der Waals surface area contributed by atoms with Crippen molar-refractivity contribution in [3.63, 3.8) is 0 Å². The normalized spacial score (nSPS) is 16.4. The zero-order valence-corrected chi connectivity index (χ0v) is 13.2. The molecule has 1 saturated heterocycles. The Morgan fingerprint density at radius 2 is 2.05 bits per heavy atom. The average molecular weight is 276 g/mol. The van der Waals surface area contributed by atoms with Gasteiger partial charge in [0.15, 0.2) is 0 Å². The molecule has 0 atom stereocenters. The minimum absolute atomic E-state index is 0.398. The van der Waals surface area contributed by atoms with Gasteiger partial charge < -0.3 is 4.90 Å². The molecule has 0 bridgehead atoms. The van der Waals surface area contributed by atoms with Gasteiger partial charge in [-0.15, -0.1) is 0 Å². The zero-order valence-electron chi connectivity index (χ0n) is 13.2. The summed E-state index contributed by atoms with van der Waals surface area (Å²) < 4.78 is 0. The van der Waals surface area contributed by atoms with Gasteiger partial charge in [-0.2, -0.15) is 0 Å². The Bertz CT molecular complexity index is 399. The first-order valence-corrected chi connectivity index (χ1v) is 7.95. The Hall–Kier alpha value is -1.00. The Morgan fingerprint density at radius 3 is 2.70 bits per heavy atom. The fraction of sp³-hybridized carbons (Fsp3) is 0.750. The number of likely N-dealkylation sites (N-methyl/N-ethyl adjacent to an activating group) is 1. The summed E-state index contributed by atoms with van der Waals surface area (Å²) in [6.45, 7) is 13.4. The van der Waals surface area contributed by atoms with Gasteiger partial charge in [0, 0.05) is 31.7 Å². The summed E-state index contributed by atoms with van der Waals surface area (Å²) in [4.78, 5) is 14.1. The molecular formula is C16H28N4. The average Bonchev–Trinajstić information content (AvgIpc) is 2.97. The molecule has 0 unspecified atom stereocenters. The molecule has 0 spiro atoms. The van der Waals surface area contributed by atoms with Crippen molar-refractivity contribution in [2.45, 2.75) is 46.1 Å². The fourth-order valence-corrected chi connectivity index (χ4v) is 2.65. The van der Waals surface area contributed by atoms with Crippen LogP contribution in [0, 0.1) is 0 Å². The van der Waals surface area contributed by atoms with Gasteiger partial charge >= 0.3 is 0 Å². The molecule has 0 amide bonds. The maximum absolute atomic E-state index is 4.67. The van der Waals surface area contributed by atoms with E-state index in [0.717, 1.165) is 31.2 Å². The SMILES string of the molecule is CCN(CCN1CCCC1)Cc1ccnc(C(C)C)n1. The Labute approximate surface area is 123 Å². The number of hydrogen-bond donors (Lipinski definition) is 0. The van der Waals surface area contributed by atoms with Gasteiger partial charge in [0.2, 0.25) is 0 Å². The molecule has 4 nitrogen and oxygen atoms in total. The lowest BCUT2D eigenvalue weighted by Gasteiger charge is -2.23. The third-order valence-electron chi connectivity index (χ3n) is 4.01. The van der Waals surface area contributed by atoms with Crippen molar-refractivity contribution in [2.24, 2.45) is 0 Å². The number of nitrogens with zero attached hydrogens (tertiary/aromatic N) is 4. The molecule has 0 radical (unpaired) electrons. The number of aromatic nitrogens is 2. The second-order valence-corrected chi connectivity index (χ2v) is 5.98. The van der Waals surface area contributed by atoms with Gasteiger partial charge in [0.1, 0.15) is 5.82 Å². The molecule has 0 N–H and O–H groups in total. The van der Waals surface area contributed by atoms with Gasteiger partial charge in [-0.05, 0) is 38.5 Å². The first-order chi connectivity index (χ1) is 9.69. The van der Waals surface area contributed by atoms with E-state index in [2.05, 4.69) is 40.5 Å². The summed E-state index contributed by atoms with van der Waals surface area (Å²) in [5.74, 6) is 1.35. The van der Waals surface area contributed by atoms with Crippen LogP contribution in [0.1, 0.15) is 51.0 Å². The lowest BCUT2D eigenvalue weighted by atomic mass is 10.2. The highest BCUT2D eigenvalue weighted by Crippen LogP contribution is 2.11. The van der Waals surface area contributed by atoms with Crippen molar-refractivity contribution in [2.75, 3.05) is 32.7 Å². The first kappa shape index (κ1) is 15.4. The van der Waals surface area contributed by atoms with Gasteiger partial charge in [0.05, 0.1) is 5.69 Å². The summed E-state index contributed by atoms with van der Waals surface area (Å²) >= 11 is 0. The standard InChI is InChI=1S/C16H28N4/c1-4-19(11-12-20-9-5-6-10-20)13-15-7-8-17-16(18-15)14(2)3/h7-8,14H,4-6,9-13H2,1-3H3. The van der Waals surface area contributed by atoms with E-state index in [0.29, 0.717) is 5.92 Å². The third kappa shape index (κ3) is 4.53. The van der Waals surface area contributed by atoms with Crippen LogP contribution in [0.15, 0.2) is 12.3 Å². The maximum Gasteiger partial charge on any atom is 0.131 e.